The average Bonchev–Trinajstić information content (AvgIpc) is 2.39. The van der Waals surface area contributed by atoms with Gasteiger partial charge in [0.1, 0.15) is 5.75 Å². The molecule has 0 amide bonds. The number of halogens is 1. The number of fused-ring (bicyclic) bond motifs is 1. The maximum atomic E-state index is 10.8. The summed E-state index contributed by atoms with van der Waals surface area (Å²) < 4.78 is 5.15. The Bertz CT molecular complexity index is 588. The van der Waals surface area contributed by atoms with Crippen LogP contribution in [0.4, 0.5) is 0 Å². The van der Waals surface area contributed by atoms with Gasteiger partial charge < -0.3 is 4.74 Å². The molecule has 0 spiro atoms. The predicted molar refractivity (Wildman–Crippen MR) is 70.4 cm³/mol. The second-order valence-electron chi connectivity index (χ2n) is 3.61. The first-order valence-electron chi connectivity index (χ1n) is 5.12. The van der Waals surface area contributed by atoms with E-state index in [1.165, 1.54) is 5.54 Å². The van der Waals surface area contributed by atoms with Gasteiger partial charge in [-0.2, -0.15) is 0 Å². The van der Waals surface area contributed by atoms with Crippen LogP contribution in [0.1, 0.15) is 5.56 Å². The zero-order valence-electron chi connectivity index (χ0n) is 9.31. The van der Waals surface area contributed by atoms with Crippen LogP contribution in [-0.2, 0) is 4.79 Å². The van der Waals surface area contributed by atoms with E-state index in [1.54, 1.807) is 7.11 Å². The van der Waals surface area contributed by atoms with Crippen molar-refractivity contribution < 1.29 is 9.53 Å². The molecule has 17 heavy (non-hydrogen) atoms. The van der Waals surface area contributed by atoms with Crippen molar-refractivity contribution in [2.24, 2.45) is 0 Å². The molecule has 0 saturated carbocycles. The summed E-state index contributed by atoms with van der Waals surface area (Å²) in [5, 5.41) is 2.11. The summed E-state index contributed by atoms with van der Waals surface area (Å²) in [4.78, 5) is 10.8. The van der Waals surface area contributed by atoms with Crippen LogP contribution < -0.4 is 4.74 Å². The molecular formula is C14H11ClO2. The van der Waals surface area contributed by atoms with Gasteiger partial charge >= 0.3 is 0 Å². The molecule has 2 nitrogen and oxygen atoms in total. The number of methoxy groups -OCH3 is 1. The van der Waals surface area contributed by atoms with Crippen LogP contribution in [0.2, 0.25) is 0 Å². The van der Waals surface area contributed by atoms with Crippen molar-refractivity contribution in [3.8, 4) is 5.75 Å². The van der Waals surface area contributed by atoms with Crippen molar-refractivity contribution in [1.29, 1.82) is 0 Å². The molecule has 0 unspecified atom stereocenters. The second kappa shape index (κ2) is 5.02. The van der Waals surface area contributed by atoms with Gasteiger partial charge in [0.2, 0.25) is 0 Å². The minimum absolute atomic E-state index is 0.476. The van der Waals surface area contributed by atoms with Crippen LogP contribution in [0.5, 0.6) is 5.75 Å². The van der Waals surface area contributed by atoms with Crippen LogP contribution in [0.15, 0.2) is 41.9 Å². The molecular weight excluding hydrogens is 236 g/mol. The summed E-state index contributed by atoms with van der Waals surface area (Å²) in [6.45, 7) is 0. The molecule has 0 aromatic heterocycles. The van der Waals surface area contributed by atoms with Gasteiger partial charge in [-0.05, 0) is 34.5 Å². The van der Waals surface area contributed by atoms with Crippen molar-refractivity contribution in [2.45, 2.75) is 0 Å². The highest BCUT2D eigenvalue weighted by Gasteiger charge is 2.02. The van der Waals surface area contributed by atoms with Crippen molar-refractivity contribution >= 4 is 34.2 Å². The quantitative estimate of drug-likeness (QED) is 0.611. The normalized spacial score (nSPS) is 11.5. The fraction of sp³-hybridized carbons (Fsp3) is 0.0714. The highest BCUT2D eigenvalue weighted by atomic mass is 35.5. The number of rotatable bonds is 3. The third kappa shape index (κ3) is 2.32. The highest BCUT2D eigenvalue weighted by Crippen LogP contribution is 2.24. The van der Waals surface area contributed by atoms with Crippen LogP contribution in [0.25, 0.3) is 16.3 Å². The third-order valence-electron chi connectivity index (χ3n) is 2.63. The number of hydrogen-bond acceptors (Lipinski definition) is 2. The zero-order valence-corrected chi connectivity index (χ0v) is 10.1. The van der Waals surface area contributed by atoms with Gasteiger partial charge in [0.05, 0.1) is 7.11 Å². The lowest BCUT2D eigenvalue weighted by Gasteiger charge is -2.05. The van der Waals surface area contributed by atoms with Crippen molar-refractivity contribution in [3.63, 3.8) is 0 Å². The van der Waals surface area contributed by atoms with Crippen LogP contribution in [0, 0.1) is 0 Å². The Morgan fingerprint density at radius 1 is 1.18 bits per heavy atom. The second-order valence-corrected chi connectivity index (χ2v) is 3.83. The van der Waals surface area contributed by atoms with E-state index in [9.17, 15) is 4.79 Å². The molecule has 3 heteroatoms. The van der Waals surface area contributed by atoms with Crippen molar-refractivity contribution in [2.75, 3.05) is 7.11 Å². The molecule has 0 atom stereocenters. The average molecular weight is 247 g/mol. The van der Waals surface area contributed by atoms with Gasteiger partial charge in [0, 0.05) is 11.1 Å². The number of allylic oxidation sites excluding steroid dienone is 1. The minimum Gasteiger partial charge on any atom is -0.497 e. The van der Waals surface area contributed by atoms with E-state index in [0.29, 0.717) is 5.57 Å². The standard InChI is InChI=1S/C14H11ClO2/c1-17-14-5-4-10-6-11(13(8-15)9-16)2-3-12(10)7-14/h2-9H,1H3/b13-8+. The Kier molecular flexibility index (Phi) is 3.45. The third-order valence-corrected chi connectivity index (χ3v) is 2.86. The van der Waals surface area contributed by atoms with Crippen LogP contribution in [-0.4, -0.2) is 13.4 Å². The molecule has 0 fully saturated rings. The summed E-state index contributed by atoms with van der Waals surface area (Å²) in [6, 6.07) is 11.5. The van der Waals surface area contributed by atoms with Gasteiger partial charge in [-0.3, -0.25) is 4.79 Å². The Balaban J connectivity index is 2.55. The molecule has 0 N–H and O–H groups in total. The molecule has 0 aliphatic carbocycles. The van der Waals surface area contributed by atoms with Crippen molar-refractivity contribution in [1.82, 2.24) is 0 Å². The molecule has 0 radical (unpaired) electrons. The lowest BCUT2D eigenvalue weighted by atomic mass is 10.0. The number of hydrogen-bond donors (Lipinski definition) is 0. The highest BCUT2D eigenvalue weighted by molar-refractivity contribution is 6.32. The number of carbonyl (C=O) groups is 1. The lowest BCUT2D eigenvalue weighted by Crippen LogP contribution is -1.86. The number of aldehydes is 1. The Labute approximate surface area is 104 Å². The fourth-order valence-electron chi connectivity index (χ4n) is 1.69. The van der Waals surface area contributed by atoms with Gasteiger partial charge in [-0.1, -0.05) is 29.8 Å². The zero-order chi connectivity index (χ0) is 12.3. The maximum absolute atomic E-state index is 10.8. The molecule has 2 aromatic carbocycles. The first-order chi connectivity index (χ1) is 8.28. The molecule has 2 aromatic rings. The van der Waals surface area contributed by atoms with Crippen molar-refractivity contribution in [3.05, 3.63) is 47.5 Å². The SMILES string of the molecule is COc1ccc2cc(/C(C=O)=C/Cl)ccc2c1. The summed E-state index contributed by atoms with van der Waals surface area (Å²) in [7, 11) is 1.64. The summed E-state index contributed by atoms with van der Waals surface area (Å²) >= 11 is 5.59. The monoisotopic (exact) mass is 246 g/mol. The van der Waals surface area contributed by atoms with E-state index >= 15 is 0 Å². The van der Waals surface area contributed by atoms with E-state index in [2.05, 4.69) is 0 Å². The van der Waals surface area contributed by atoms with Crippen LogP contribution >= 0.6 is 11.6 Å². The first-order valence-corrected chi connectivity index (χ1v) is 5.56. The van der Waals surface area contributed by atoms with Crippen LogP contribution in [0.3, 0.4) is 0 Å². The Morgan fingerprint density at radius 2 is 1.88 bits per heavy atom. The molecule has 0 aliphatic rings. The lowest BCUT2D eigenvalue weighted by molar-refractivity contribution is -0.103. The van der Waals surface area contributed by atoms with E-state index in [4.69, 9.17) is 16.3 Å². The molecule has 0 heterocycles. The van der Waals surface area contributed by atoms with Gasteiger partial charge in [0.25, 0.3) is 0 Å². The number of benzene rings is 2. The van der Waals surface area contributed by atoms with E-state index in [-0.39, 0.29) is 0 Å². The van der Waals surface area contributed by atoms with Gasteiger partial charge in [-0.25, -0.2) is 0 Å². The van der Waals surface area contributed by atoms with Gasteiger partial charge in [-0.15, -0.1) is 0 Å². The Morgan fingerprint density at radius 3 is 2.53 bits per heavy atom. The largest absolute Gasteiger partial charge is 0.497 e. The number of ether oxygens (including phenoxy) is 1. The van der Waals surface area contributed by atoms with E-state index in [0.717, 1.165) is 28.4 Å². The minimum atomic E-state index is 0.476. The molecule has 86 valence electrons. The molecule has 2 rings (SSSR count). The smallest absolute Gasteiger partial charge is 0.151 e. The topological polar surface area (TPSA) is 26.3 Å². The first kappa shape index (κ1) is 11.7. The van der Waals surface area contributed by atoms with E-state index in [1.807, 2.05) is 36.4 Å². The Hall–Kier alpha value is -1.80. The molecule has 0 aliphatic heterocycles. The number of carbonyl (C=O) groups excluding carboxylic acids is 1. The van der Waals surface area contributed by atoms with E-state index < -0.39 is 0 Å². The summed E-state index contributed by atoms with van der Waals surface area (Å²) in [5.74, 6) is 0.814. The maximum Gasteiger partial charge on any atom is 0.151 e. The predicted octanol–water partition coefficient (Wildman–Crippen LogP) is 3.63. The fourth-order valence-corrected chi connectivity index (χ4v) is 1.86. The summed E-state index contributed by atoms with van der Waals surface area (Å²) in [6.07, 6.45) is 0.748. The summed E-state index contributed by atoms with van der Waals surface area (Å²) in [5.41, 5.74) is 2.58. The van der Waals surface area contributed by atoms with Gasteiger partial charge in [0.15, 0.2) is 6.29 Å². The molecule has 0 saturated heterocycles. The molecule has 0 bridgehead atoms.